The van der Waals surface area contributed by atoms with E-state index in [1.54, 1.807) is 0 Å². The van der Waals surface area contributed by atoms with E-state index in [2.05, 4.69) is 121 Å². The fourth-order valence-electron chi connectivity index (χ4n) is 6.56. The zero-order valence-corrected chi connectivity index (χ0v) is 22.8. The molecule has 0 spiro atoms. The Kier molecular flexibility index (Phi) is 7.63. The molecule has 2 unspecified atom stereocenters. The second-order valence-electron chi connectivity index (χ2n) is 11.4. The molecule has 0 aromatic heterocycles. The topological polar surface area (TPSA) is 3.24 Å². The van der Waals surface area contributed by atoms with Crippen molar-refractivity contribution in [1.29, 1.82) is 0 Å². The van der Waals surface area contributed by atoms with Gasteiger partial charge in [-0.15, -0.1) is 0 Å². The van der Waals surface area contributed by atoms with Crippen molar-refractivity contribution in [3.8, 4) is 0 Å². The van der Waals surface area contributed by atoms with Crippen molar-refractivity contribution in [1.82, 2.24) is 4.90 Å². The van der Waals surface area contributed by atoms with Gasteiger partial charge in [0.15, 0.2) is 0 Å². The Labute approximate surface area is 229 Å². The highest BCUT2D eigenvalue weighted by molar-refractivity contribution is 5.42. The number of hydrogen-bond donors (Lipinski definition) is 0. The van der Waals surface area contributed by atoms with Crippen molar-refractivity contribution in [3.63, 3.8) is 0 Å². The van der Waals surface area contributed by atoms with E-state index in [9.17, 15) is 0 Å². The lowest BCUT2D eigenvalue weighted by atomic mass is 9.82. The minimum absolute atomic E-state index is 0.375. The van der Waals surface area contributed by atoms with Crippen LogP contribution in [0.15, 0.2) is 143 Å². The van der Waals surface area contributed by atoms with Gasteiger partial charge >= 0.3 is 0 Å². The maximum absolute atomic E-state index is 2.65. The van der Waals surface area contributed by atoms with E-state index >= 15 is 0 Å². The van der Waals surface area contributed by atoms with Crippen LogP contribution in [-0.2, 0) is 0 Å². The molecule has 6 rings (SSSR count). The number of hydrogen-bond acceptors (Lipinski definition) is 1. The van der Waals surface area contributed by atoms with Gasteiger partial charge < -0.3 is 4.90 Å². The molecule has 0 heterocycles. The second-order valence-corrected chi connectivity index (χ2v) is 11.4. The number of allylic oxidation sites excluding steroid dienone is 21. The smallest absolute Gasteiger partial charge is 0.0556 e. The van der Waals surface area contributed by atoms with Gasteiger partial charge in [-0.2, -0.15) is 0 Å². The van der Waals surface area contributed by atoms with Crippen molar-refractivity contribution in [3.05, 3.63) is 143 Å². The van der Waals surface area contributed by atoms with Crippen LogP contribution < -0.4 is 0 Å². The first-order valence-corrected chi connectivity index (χ1v) is 14.8. The molecule has 0 amide bonds. The Morgan fingerprint density at radius 2 is 1.39 bits per heavy atom. The van der Waals surface area contributed by atoms with Gasteiger partial charge in [0.05, 0.1) is 6.04 Å². The molecular formula is C37H41N. The first-order chi connectivity index (χ1) is 18.7. The summed E-state index contributed by atoms with van der Waals surface area (Å²) in [6, 6.07) is 0.375. The predicted molar refractivity (Wildman–Crippen MR) is 162 cm³/mol. The monoisotopic (exact) mass is 499 g/mol. The SMILES string of the molecule is CC1=CCC(C2=CCCC(N(C3=CCCC=C3)C3C=CC([C@H]4C=CC([C@H]5C=CC=CC5)=CC4)=CC3)=C2)C=C1. The Hall–Kier alpha value is -3.32. The van der Waals surface area contributed by atoms with Gasteiger partial charge in [0.25, 0.3) is 0 Å². The van der Waals surface area contributed by atoms with E-state index in [1.807, 2.05) is 0 Å². The number of nitrogens with zero attached hydrogens (tertiary/aromatic N) is 1. The molecule has 0 aliphatic heterocycles. The van der Waals surface area contributed by atoms with Gasteiger partial charge in [-0.25, -0.2) is 0 Å². The molecule has 0 aromatic carbocycles. The maximum atomic E-state index is 2.65. The molecule has 1 nitrogen and oxygen atoms in total. The van der Waals surface area contributed by atoms with Crippen LogP contribution in [-0.4, -0.2) is 10.9 Å². The zero-order chi connectivity index (χ0) is 25.7. The first-order valence-electron chi connectivity index (χ1n) is 14.8. The van der Waals surface area contributed by atoms with Crippen LogP contribution >= 0.6 is 0 Å². The van der Waals surface area contributed by atoms with Gasteiger partial charge in [-0.1, -0.05) is 103 Å². The van der Waals surface area contributed by atoms with E-state index < -0.39 is 0 Å². The fourth-order valence-corrected chi connectivity index (χ4v) is 6.56. The summed E-state index contributed by atoms with van der Waals surface area (Å²) < 4.78 is 0. The molecule has 0 saturated carbocycles. The van der Waals surface area contributed by atoms with E-state index in [4.69, 9.17) is 0 Å². The standard InChI is InChI=1S/C37H41N/c1-28-15-17-33(18-16-28)34-11-8-14-37(27-34)38(35-12-6-3-7-13-35)36-25-23-32(24-26-36)31-21-19-30(20-22-31)29-9-4-2-5-10-29/h2,4-6,9,11-13,15-17,19-21,23-25,27,29,31,33,36H,3,7-8,10,14,18,22,26H2,1H3/t29-,31-,33?,36?/m0/s1. The van der Waals surface area contributed by atoms with Crippen LogP contribution in [0.25, 0.3) is 0 Å². The summed E-state index contributed by atoms with van der Waals surface area (Å²) in [5, 5.41) is 0. The summed E-state index contributed by atoms with van der Waals surface area (Å²) in [7, 11) is 0. The molecule has 0 aromatic rings. The lowest BCUT2D eigenvalue weighted by Gasteiger charge is -2.38. The van der Waals surface area contributed by atoms with Crippen molar-refractivity contribution < 1.29 is 0 Å². The van der Waals surface area contributed by atoms with Crippen LogP contribution in [0.4, 0.5) is 0 Å². The third-order valence-electron chi connectivity index (χ3n) is 8.79. The molecule has 4 atom stereocenters. The summed E-state index contributed by atoms with van der Waals surface area (Å²) >= 11 is 0. The minimum Gasteiger partial charge on any atom is -0.338 e. The quantitative estimate of drug-likeness (QED) is 0.352. The average molecular weight is 500 g/mol. The van der Waals surface area contributed by atoms with Crippen LogP contribution in [0.2, 0.25) is 0 Å². The molecule has 1 heteroatoms. The highest BCUT2D eigenvalue weighted by Crippen LogP contribution is 2.37. The van der Waals surface area contributed by atoms with E-state index in [1.165, 1.54) is 33.7 Å². The molecule has 6 aliphatic carbocycles. The lowest BCUT2D eigenvalue weighted by Crippen LogP contribution is -2.34. The summed E-state index contributed by atoms with van der Waals surface area (Å²) in [6.45, 7) is 2.20. The van der Waals surface area contributed by atoms with Crippen LogP contribution in [0.3, 0.4) is 0 Å². The van der Waals surface area contributed by atoms with E-state index in [0.29, 0.717) is 23.8 Å². The fraction of sp³-hybridized carbons (Fsp3) is 0.351. The molecule has 0 N–H and O–H groups in total. The number of rotatable bonds is 6. The molecule has 0 bridgehead atoms. The lowest BCUT2D eigenvalue weighted by molar-refractivity contribution is 0.353. The summed E-state index contributed by atoms with van der Waals surface area (Å²) in [6.07, 6.45) is 51.8. The van der Waals surface area contributed by atoms with Crippen molar-refractivity contribution >= 4 is 0 Å². The van der Waals surface area contributed by atoms with Gasteiger partial charge in [0.1, 0.15) is 0 Å². The minimum atomic E-state index is 0.375. The Morgan fingerprint density at radius 3 is 2.08 bits per heavy atom. The van der Waals surface area contributed by atoms with Gasteiger partial charge in [0, 0.05) is 29.1 Å². The maximum Gasteiger partial charge on any atom is 0.0556 e. The first kappa shape index (κ1) is 25.0. The Morgan fingerprint density at radius 1 is 0.605 bits per heavy atom. The third-order valence-corrected chi connectivity index (χ3v) is 8.79. The predicted octanol–water partition coefficient (Wildman–Crippen LogP) is 9.54. The molecule has 0 fully saturated rings. The van der Waals surface area contributed by atoms with Gasteiger partial charge in [0.2, 0.25) is 0 Å². The zero-order valence-electron chi connectivity index (χ0n) is 22.8. The third kappa shape index (κ3) is 5.58. The van der Waals surface area contributed by atoms with Crippen LogP contribution in [0.1, 0.15) is 58.3 Å². The van der Waals surface area contributed by atoms with Crippen molar-refractivity contribution in [2.24, 2.45) is 17.8 Å². The molecule has 194 valence electrons. The molecule has 38 heavy (non-hydrogen) atoms. The molecule has 0 saturated heterocycles. The van der Waals surface area contributed by atoms with Gasteiger partial charge in [-0.3, -0.25) is 0 Å². The molecule has 6 aliphatic rings. The second kappa shape index (κ2) is 11.6. The molecule has 0 radical (unpaired) electrons. The van der Waals surface area contributed by atoms with Crippen LogP contribution in [0.5, 0.6) is 0 Å². The largest absolute Gasteiger partial charge is 0.338 e. The van der Waals surface area contributed by atoms with Gasteiger partial charge in [-0.05, 0) is 87.2 Å². The normalized spacial score (nSPS) is 30.2. The van der Waals surface area contributed by atoms with E-state index in [-0.39, 0.29) is 0 Å². The summed E-state index contributed by atoms with van der Waals surface area (Å²) in [4.78, 5) is 2.65. The average Bonchev–Trinajstić information content (AvgIpc) is 2.99. The summed E-state index contributed by atoms with van der Waals surface area (Å²) in [5.41, 5.74) is 8.70. The van der Waals surface area contributed by atoms with E-state index in [0.717, 1.165) is 51.4 Å². The van der Waals surface area contributed by atoms with Crippen molar-refractivity contribution in [2.45, 2.75) is 64.3 Å². The Balaban J connectivity index is 1.17. The van der Waals surface area contributed by atoms with Crippen molar-refractivity contribution in [2.75, 3.05) is 0 Å². The molecular weight excluding hydrogens is 458 g/mol. The summed E-state index contributed by atoms with van der Waals surface area (Å²) in [5.74, 6) is 1.56. The van der Waals surface area contributed by atoms with Crippen LogP contribution in [0, 0.1) is 17.8 Å². The highest BCUT2D eigenvalue weighted by atomic mass is 15.2. The highest BCUT2D eigenvalue weighted by Gasteiger charge is 2.27. The Bertz CT molecular complexity index is 1290.